The van der Waals surface area contributed by atoms with Crippen LogP contribution in [0.1, 0.15) is 26.7 Å². The molecule has 0 unspecified atom stereocenters. The minimum Gasteiger partial charge on any atom is -0.463 e. The van der Waals surface area contributed by atoms with Crippen LogP contribution in [0.2, 0.25) is 0 Å². The smallest absolute Gasteiger partial charge is 0.306 e. The van der Waals surface area contributed by atoms with Gasteiger partial charge in [-0.1, -0.05) is 0 Å². The number of carbonyl (C=O) groups excluding carboxylic acids is 2. The predicted octanol–water partition coefficient (Wildman–Crippen LogP) is -0.174. The second-order valence-corrected chi connectivity index (χ2v) is 4.40. The Morgan fingerprint density at radius 2 is 1.70 bits per heavy atom. The van der Waals surface area contributed by atoms with Gasteiger partial charge in [-0.15, -0.1) is 0 Å². The standard InChI is InChI=1S/C13H26N2O5/c1-11(2)20-13(17)4-3-12(16)15-6-8-19-10-9-18-7-5-14/h11H,3-10,14H2,1-2H3,(H,15,16). The number of nitrogens with one attached hydrogen (secondary N) is 1. The number of nitrogens with two attached hydrogens (primary N) is 1. The highest BCUT2D eigenvalue weighted by Crippen LogP contribution is 1.96. The van der Waals surface area contributed by atoms with Gasteiger partial charge in [0.05, 0.1) is 39.0 Å². The third-order valence-electron chi connectivity index (χ3n) is 2.13. The first-order valence-corrected chi connectivity index (χ1v) is 6.88. The van der Waals surface area contributed by atoms with E-state index < -0.39 is 0 Å². The van der Waals surface area contributed by atoms with Gasteiger partial charge in [-0.2, -0.15) is 0 Å². The summed E-state index contributed by atoms with van der Waals surface area (Å²) >= 11 is 0. The van der Waals surface area contributed by atoms with Crippen LogP contribution in [0.5, 0.6) is 0 Å². The van der Waals surface area contributed by atoms with Crippen LogP contribution in [-0.4, -0.2) is 57.5 Å². The summed E-state index contributed by atoms with van der Waals surface area (Å²) in [6, 6.07) is 0. The number of esters is 1. The van der Waals surface area contributed by atoms with E-state index in [-0.39, 0.29) is 30.8 Å². The Labute approximate surface area is 120 Å². The Morgan fingerprint density at radius 3 is 2.30 bits per heavy atom. The van der Waals surface area contributed by atoms with Crippen molar-refractivity contribution in [2.75, 3.05) is 39.5 Å². The second-order valence-electron chi connectivity index (χ2n) is 4.40. The molecular weight excluding hydrogens is 264 g/mol. The molecule has 0 heterocycles. The molecule has 0 aliphatic heterocycles. The summed E-state index contributed by atoms with van der Waals surface area (Å²) < 4.78 is 15.3. The molecule has 0 bridgehead atoms. The fourth-order valence-corrected chi connectivity index (χ4v) is 1.29. The Kier molecular flexibility index (Phi) is 12.1. The van der Waals surface area contributed by atoms with Gasteiger partial charge in [-0.05, 0) is 13.8 Å². The third kappa shape index (κ3) is 13.3. The molecule has 3 N–H and O–H groups in total. The van der Waals surface area contributed by atoms with Crippen molar-refractivity contribution in [2.45, 2.75) is 32.8 Å². The van der Waals surface area contributed by atoms with Gasteiger partial charge in [0.2, 0.25) is 5.91 Å². The maximum Gasteiger partial charge on any atom is 0.306 e. The molecule has 20 heavy (non-hydrogen) atoms. The van der Waals surface area contributed by atoms with Crippen LogP contribution in [0.15, 0.2) is 0 Å². The predicted molar refractivity (Wildman–Crippen MR) is 74.2 cm³/mol. The highest BCUT2D eigenvalue weighted by atomic mass is 16.5. The molecule has 0 saturated heterocycles. The van der Waals surface area contributed by atoms with Gasteiger partial charge in [-0.3, -0.25) is 9.59 Å². The maximum atomic E-state index is 11.4. The van der Waals surface area contributed by atoms with E-state index in [0.717, 1.165) is 0 Å². The van der Waals surface area contributed by atoms with E-state index in [1.54, 1.807) is 13.8 Å². The number of amides is 1. The second kappa shape index (κ2) is 12.8. The molecule has 0 radical (unpaired) electrons. The zero-order chi connectivity index (χ0) is 15.2. The van der Waals surface area contributed by atoms with Crippen molar-refractivity contribution in [3.63, 3.8) is 0 Å². The van der Waals surface area contributed by atoms with Gasteiger partial charge >= 0.3 is 5.97 Å². The number of hydrogen-bond acceptors (Lipinski definition) is 6. The van der Waals surface area contributed by atoms with Gasteiger partial charge in [-0.25, -0.2) is 0 Å². The molecule has 1 amide bonds. The molecule has 0 fully saturated rings. The molecule has 7 nitrogen and oxygen atoms in total. The van der Waals surface area contributed by atoms with E-state index in [9.17, 15) is 9.59 Å². The third-order valence-corrected chi connectivity index (χ3v) is 2.13. The zero-order valence-corrected chi connectivity index (χ0v) is 12.4. The van der Waals surface area contributed by atoms with Crippen LogP contribution in [0.3, 0.4) is 0 Å². The average Bonchev–Trinajstić information content (AvgIpc) is 2.38. The van der Waals surface area contributed by atoms with Crippen LogP contribution in [0.25, 0.3) is 0 Å². The average molecular weight is 290 g/mol. The zero-order valence-electron chi connectivity index (χ0n) is 12.4. The van der Waals surface area contributed by atoms with E-state index in [1.807, 2.05) is 0 Å². The monoisotopic (exact) mass is 290 g/mol. The van der Waals surface area contributed by atoms with Crippen LogP contribution >= 0.6 is 0 Å². The molecule has 118 valence electrons. The van der Waals surface area contributed by atoms with Crippen LogP contribution in [-0.2, 0) is 23.8 Å². The number of rotatable bonds is 12. The van der Waals surface area contributed by atoms with E-state index >= 15 is 0 Å². The summed E-state index contributed by atoms with van der Waals surface area (Å²) in [5.41, 5.74) is 5.25. The lowest BCUT2D eigenvalue weighted by Crippen LogP contribution is -2.28. The molecule has 0 aromatic carbocycles. The highest BCUT2D eigenvalue weighted by Gasteiger charge is 2.08. The normalized spacial score (nSPS) is 10.6. The summed E-state index contributed by atoms with van der Waals surface area (Å²) in [7, 11) is 0. The van der Waals surface area contributed by atoms with Gasteiger partial charge in [0.1, 0.15) is 0 Å². The first kappa shape index (κ1) is 18.8. The Hall–Kier alpha value is -1.18. The largest absolute Gasteiger partial charge is 0.463 e. The van der Waals surface area contributed by atoms with Crippen molar-refractivity contribution in [1.29, 1.82) is 0 Å². The minimum absolute atomic E-state index is 0.0950. The fourth-order valence-electron chi connectivity index (χ4n) is 1.29. The topological polar surface area (TPSA) is 99.9 Å². The highest BCUT2D eigenvalue weighted by molar-refractivity contribution is 5.81. The molecule has 0 aromatic heterocycles. The van der Waals surface area contributed by atoms with E-state index in [2.05, 4.69) is 5.32 Å². The first-order valence-electron chi connectivity index (χ1n) is 6.88. The van der Waals surface area contributed by atoms with Crippen molar-refractivity contribution in [1.82, 2.24) is 5.32 Å². The van der Waals surface area contributed by atoms with E-state index in [4.69, 9.17) is 19.9 Å². The summed E-state index contributed by atoms with van der Waals surface area (Å²) in [6.07, 6.45) is 0.0728. The molecule has 7 heteroatoms. The Bertz CT molecular complexity index is 271. The van der Waals surface area contributed by atoms with Gasteiger partial charge in [0.15, 0.2) is 0 Å². The van der Waals surface area contributed by atoms with Gasteiger partial charge in [0, 0.05) is 19.5 Å². The van der Waals surface area contributed by atoms with Gasteiger partial charge < -0.3 is 25.3 Å². The minimum atomic E-state index is -0.358. The van der Waals surface area contributed by atoms with Gasteiger partial charge in [0.25, 0.3) is 0 Å². The van der Waals surface area contributed by atoms with Crippen LogP contribution in [0, 0.1) is 0 Å². The van der Waals surface area contributed by atoms with Crippen molar-refractivity contribution in [3.05, 3.63) is 0 Å². The summed E-state index contributed by atoms with van der Waals surface area (Å²) in [5.74, 6) is -0.544. The van der Waals surface area contributed by atoms with Crippen molar-refractivity contribution in [2.24, 2.45) is 5.73 Å². The molecule has 0 aliphatic rings. The van der Waals surface area contributed by atoms with E-state index in [1.165, 1.54) is 0 Å². The Balaban J connectivity index is 3.34. The molecule has 0 saturated carbocycles. The summed E-state index contributed by atoms with van der Waals surface area (Å²) in [6.45, 7) is 6.34. The lowest BCUT2D eigenvalue weighted by molar-refractivity contribution is -0.148. The van der Waals surface area contributed by atoms with Crippen molar-refractivity contribution in [3.8, 4) is 0 Å². The number of hydrogen-bond donors (Lipinski definition) is 2. The molecule has 0 aromatic rings. The molecule has 0 atom stereocenters. The van der Waals surface area contributed by atoms with Crippen molar-refractivity contribution >= 4 is 11.9 Å². The molecule has 0 aliphatic carbocycles. The number of carbonyl (C=O) groups is 2. The number of ether oxygens (including phenoxy) is 3. The first-order chi connectivity index (χ1) is 9.56. The quantitative estimate of drug-likeness (QED) is 0.382. The van der Waals surface area contributed by atoms with Crippen LogP contribution in [0.4, 0.5) is 0 Å². The van der Waals surface area contributed by atoms with E-state index in [0.29, 0.717) is 39.5 Å². The Morgan fingerprint density at radius 1 is 1.05 bits per heavy atom. The summed E-state index contributed by atoms with van der Waals surface area (Å²) in [5, 5.41) is 2.66. The lowest BCUT2D eigenvalue weighted by atomic mass is 10.3. The summed E-state index contributed by atoms with van der Waals surface area (Å²) in [4.78, 5) is 22.6. The molecule has 0 spiro atoms. The van der Waals surface area contributed by atoms with Crippen LogP contribution < -0.4 is 11.1 Å². The lowest BCUT2D eigenvalue weighted by Gasteiger charge is -2.08. The molecular formula is C13H26N2O5. The van der Waals surface area contributed by atoms with Crippen molar-refractivity contribution < 1.29 is 23.8 Å². The molecule has 0 rings (SSSR count). The SMILES string of the molecule is CC(C)OC(=O)CCC(=O)NCCOCCOCCN. The maximum absolute atomic E-state index is 11.4. The fraction of sp³-hybridized carbons (Fsp3) is 0.846.